The highest BCUT2D eigenvalue weighted by Crippen LogP contribution is 2.73. The van der Waals surface area contributed by atoms with Crippen LogP contribution in [0.25, 0.3) is 0 Å². The molecule has 3 heteroatoms. The van der Waals surface area contributed by atoms with Gasteiger partial charge in [0.15, 0.2) is 0 Å². The maximum atomic E-state index is 11.6. The van der Waals surface area contributed by atoms with Crippen LogP contribution in [0.15, 0.2) is 0 Å². The number of ether oxygens (including phenoxy) is 1. The number of hydrogen-bond donors (Lipinski definition) is 1. The molecule has 3 aliphatic carbocycles. The van der Waals surface area contributed by atoms with E-state index in [1.165, 1.54) is 7.11 Å². The molecule has 0 aliphatic heterocycles. The zero-order chi connectivity index (χ0) is 10.7. The summed E-state index contributed by atoms with van der Waals surface area (Å²) >= 11 is 0. The quantitative estimate of drug-likeness (QED) is 0.644. The fraction of sp³-hybridized carbons (Fsp3) is 0.909. The molecule has 0 radical (unpaired) electrons. The third-order valence-electron chi connectivity index (χ3n) is 4.99. The van der Waals surface area contributed by atoms with E-state index in [0.29, 0.717) is 0 Å². The molecular weight excluding hydrogens is 180 g/mol. The first-order chi connectivity index (χ1) is 6.37. The molecule has 2 bridgehead atoms. The zero-order valence-electron chi connectivity index (χ0n) is 9.20. The van der Waals surface area contributed by atoms with Crippen molar-refractivity contribution < 1.29 is 14.6 Å². The molecule has 3 aliphatic rings. The van der Waals surface area contributed by atoms with Crippen LogP contribution in [0.1, 0.15) is 27.2 Å². The number of fused-ring (bicyclic) bond motifs is 1. The highest BCUT2D eigenvalue weighted by atomic mass is 16.5. The van der Waals surface area contributed by atoms with Gasteiger partial charge in [-0.2, -0.15) is 0 Å². The predicted molar refractivity (Wildman–Crippen MR) is 51.5 cm³/mol. The summed E-state index contributed by atoms with van der Waals surface area (Å²) in [5.41, 5.74) is -0.226. The molecule has 0 amide bonds. The van der Waals surface area contributed by atoms with E-state index >= 15 is 0 Å². The van der Waals surface area contributed by atoms with E-state index in [-0.39, 0.29) is 34.7 Å². The lowest BCUT2D eigenvalue weighted by molar-refractivity contribution is -0.190. The van der Waals surface area contributed by atoms with Crippen molar-refractivity contribution >= 4 is 5.97 Å². The average Bonchev–Trinajstić information content (AvgIpc) is 2.50. The van der Waals surface area contributed by atoms with Gasteiger partial charge in [-0.1, -0.05) is 20.8 Å². The number of esters is 1. The third kappa shape index (κ3) is 0.761. The van der Waals surface area contributed by atoms with Crippen LogP contribution in [0.4, 0.5) is 0 Å². The van der Waals surface area contributed by atoms with Gasteiger partial charge in [-0.15, -0.1) is 0 Å². The summed E-state index contributed by atoms with van der Waals surface area (Å²) < 4.78 is 4.79. The second kappa shape index (κ2) is 2.51. The average molecular weight is 198 g/mol. The number of aliphatic hydroxyl groups is 1. The number of carbonyl (C=O) groups is 1. The van der Waals surface area contributed by atoms with Crippen LogP contribution in [-0.4, -0.2) is 24.3 Å². The first-order valence-corrected chi connectivity index (χ1v) is 5.13. The summed E-state index contributed by atoms with van der Waals surface area (Å²) in [7, 11) is 1.42. The number of hydrogen-bond acceptors (Lipinski definition) is 3. The highest BCUT2D eigenvalue weighted by Gasteiger charge is 2.75. The van der Waals surface area contributed by atoms with Gasteiger partial charge in [-0.25, -0.2) is 0 Å². The molecule has 1 N–H and O–H groups in total. The van der Waals surface area contributed by atoms with E-state index in [0.717, 1.165) is 6.42 Å². The van der Waals surface area contributed by atoms with Gasteiger partial charge in [-0.05, 0) is 17.8 Å². The zero-order valence-corrected chi connectivity index (χ0v) is 9.20. The van der Waals surface area contributed by atoms with Gasteiger partial charge in [0, 0.05) is 5.41 Å². The molecular formula is C11H18O3. The second-order valence-electron chi connectivity index (χ2n) is 5.36. The minimum Gasteiger partial charge on any atom is -0.469 e. The van der Waals surface area contributed by atoms with Gasteiger partial charge >= 0.3 is 5.97 Å². The van der Waals surface area contributed by atoms with E-state index in [1.807, 2.05) is 6.92 Å². The van der Waals surface area contributed by atoms with Crippen LogP contribution in [0.3, 0.4) is 0 Å². The van der Waals surface area contributed by atoms with Gasteiger partial charge in [0.2, 0.25) is 0 Å². The molecule has 0 heterocycles. The molecule has 80 valence electrons. The van der Waals surface area contributed by atoms with Gasteiger partial charge in [-0.3, -0.25) is 4.79 Å². The lowest BCUT2D eigenvalue weighted by atomic mass is 9.45. The SMILES string of the molecule is COC(=O)C1C2CC(O)C1(C)C2(C)C. The molecule has 3 rings (SSSR count). The Hall–Kier alpha value is -0.570. The van der Waals surface area contributed by atoms with Crippen molar-refractivity contribution in [2.45, 2.75) is 33.3 Å². The topological polar surface area (TPSA) is 46.5 Å². The van der Waals surface area contributed by atoms with Gasteiger partial charge < -0.3 is 9.84 Å². The Morgan fingerprint density at radius 2 is 2.00 bits per heavy atom. The normalized spacial score (nSPS) is 48.5. The Morgan fingerprint density at radius 1 is 1.43 bits per heavy atom. The van der Waals surface area contributed by atoms with Crippen LogP contribution in [0.5, 0.6) is 0 Å². The molecule has 0 spiro atoms. The minimum atomic E-state index is -0.355. The molecule has 4 unspecified atom stereocenters. The molecule has 4 atom stereocenters. The van der Waals surface area contributed by atoms with E-state index in [2.05, 4.69) is 13.8 Å². The smallest absolute Gasteiger partial charge is 0.309 e. The largest absolute Gasteiger partial charge is 0.469 e. The summed E-state index contributed by atoms with van der Waals surface area (Å²) in [5.74, 6) is 0.0285. The summed E-state index contributed by atoms with van der Waals surface area (Å²) in [6.07, 6.45) is 0.384. The van der Waals surface area contributed by atoms with E-state index in [1.54, 1.807) is 0 Å². The Balaban J connectivity index is 2.33. The monoisotopic (exact) mass is 198 g/mol. The second-order valence-corrected chi connectivity index (χ2v) is 5.36. The molecule has 14 heavy (non-hydrogen) atoms. The molecule has 0 aromatic carbocycles. The molecule has 0 aromatic heterocycles. The van der Waals surface area contributed by atoms with E-state index < -0.39 is 0 Å². The first-order valence-electron chi connectivity index (χ1n) is 5.13. The van der Waals surface area contributed by atoms with Crippen molar-refractivity contribution in [2.24, 2.45) is 22.7 Å². The summed E-state index contributed by atoms with van der Waals surface area (Å²) in [6.45, 7) is 6.27. The lowest BCUT2D eigenvalue weighted by Crippen LogP contribution is -2.60. The van der Waals surface area contributed by atoms with Crippen molar-refractivity contribution in [2.75, 3.05) is 7.11 Å². The molecule has 3 fully saturated rings. The Kier molecular flexibility index (Phi) is 1.79. The van der Waals surface area contributed by atoms with Crippen LogP contribution < -0.4 is 0 Å². The summed E-state index contributed by atoms with van der Waals surface area (Å²) in [4.78, 5) is 11.6. The van der Waals surface area contributed by atoms with Crippen LogP contribution in [-0.2, 0) is 9.53 Å². The number of carbonyl (C=O) groups excluding carboxylic acids is 1. The molecule has 3 saturated carbocycles. The Morgan fingerprint density at radius 3 is 2.29 bits per heavy atom. The van der Waals surface area contributed by atoms with Crippen molar-refractivity contribution in [1.82, 2.24) is 0 Å². The number of aliphatic hydroxyl groups excluding tert-OH is 1. The van der Waals surface area contributed by atoms with Crippen molar-refractivity contribution in [3.63, 3.8) is 0 Å². The molecule has 3 nitrogen and oxygen atoms in total. The summed E-state index contributed by atoms with van der Waals surface area (Å²) in [6, 6.07) is 0. The van der Waals surface area contributed by atoms with E-state index in [9.17, 15) is 9.90 Å². The molecule has 0 saturated heterocycles. The maximum Gasteiger partial charge on any atom is 0.309 e. The van der Waals surface area contributed by atoms with Crippen LogP contribution in [0.2, 0.25) is 0 Å². The number of methoxy groups -OCH3 is 1. The van der Waals surface area contributed by atoms with E-state index in [4.69, 9.17) is 4.74 Å². The van der Waals surface area contributed by atoms with Crippen LogP contribution >= 0.6 is 0 Å². The lowest BCUT2D eigenvalue weighted by Gasteiger charge is -2.58. The van der Waals surface area contributed by atoms with Gasteiger partial charge in [0.05, 0.1) is 19.1 Å². The maximum absolute atomic E-state index is 11.6. The highest BCUT2D eigenvalue weighted by molar-refractivity contribution is 5.76. The van der Waals surface area contributed by atoms with Crippen molar-refractivity contribution in [1.29, 1.82) is 0 Å². The Bertz CT molecular complexity index is 284. The van der Waals surface area contributed by atoms with Crippen molar-refractivity contribution in [3.05, 3.63) is 0 Å². The minimum absolute atomic E-state index is 0.0608. The fourth-order valence-corrected chi connectivity index (χ4v) is 3.63. The molecule has 0 aromatic rings. The van der Waals surface area contributed by atoms with Gasteiger partial charge in [0.25, 0.3) is 0 Å². The first kappa shape index (κ1) is 9.97. The third-order valence-corrected chi connectivity index (χ3v) is 4.99. The standard InChI is InChI=1S/C11H18O3/c1-10(2)6-5-7(12)11(10,3)8(6)9(13)14-4/h6-8,12H,5H2,1-4H3. The number of rotatable bonds is 1. The van der Waals surface area contributed by atoms with Crippen LogP contribution in [0, 0.1) is 22.7 Å². The predicted octanol–water partition coefficient (Wildman–Crippen LogP) is 1.20. The fourth-order valence-electron chi connectivity index (χ4n) is 3.63. The Labute approximate surface area is 84.4 Å². The van der Waals surface area contributed by atoms with Gasteiger partial charge in [0.1, 0.15) is 0 Å². The summed E-state index contributed by atoms with van der Waals surface area (Å²) in [5, 5.41) is 9.94. The van der Waals surface area contributed by atoms with Crippen molar-refractivity contribution in [3.8, 4) is 0 Å².